The molecule has 0 N–H and O–H groups in total. The largest absolute Gasteiger partial charge is 0.375 e. The summed E-state index contributed by atoms with van der Waals surface area (Å²) in [5.41, 5.74) is -0.108. The van der Waals surface area contributed by atoms with E-state index in [1.165, 1.54) is 0 Å². The molecule has 0 bridgehead atoms. The maximum absolute atomic E-state index is 11.3. The molecule has 0 aromatic heterocycles. The fraction of sp³-hybridized carbons (Fsp3) is 0.917. The molecule has 1 aliphatic heterocycles. The molecule has 1 heterocycles. The van der Waals surface area contributed by atoms with Gasteiger partial charge in [0.1, 0.15) is 5.78 Å². The summed E-state index contributed by atoms with van der Waals surface area (Å²) >= 11 is 0. The number of ether oxygens (including phenoxy) is 1. The lowest BCUT2D eigenvalue weighted by atomic mass is 9.99. The van der Waals surface area contributed by atoms with Crippen molar-refractivity contribution in [3.05, 3.63) is 0 Å². The van der Waals surface area contributed by atoms with Crippen LogP contribution in [0.15, 0.2) is 0 Å². The number of Topliss-reactive ketones (excluding diaryl/α,β-unsaturated/α-hetero) is 1. The van der Waals surface area contributed by atoms with Crippen molar-refractivity contribution in [3.63, 3.8) is 0 Å². The molecule has 1 rings (SSSR count). The molecule has 15 heavy (non-hydrogen) atoms. The molecule has 3 nitrogen and oxygen atoms in total. The Morgan fingerprint density at radius 1 is 1.53 bits per heavy atom. The highest BCUT2D eigenvalue weighted by Gasteiger charge is 2.29. The van der Waals surface area contributed by atoms with Gasteiger partial charge in [-0.2, -0.15) is 0 Å². The second kappa shape index (κ2) is 5.08. The molecule has 0 spiro atoms. The summed E-state index contributed by atoms with van der Waals surface area (Å²) < 4.78 is 5.68. The highest BCUT2D eigenvalue weighted by Crippen LogP contribution is 2.19. The first-order valence-corrected chi connectivity index (χ1v) is 5.84. The van der Waals surface area contributed by atoms with Gasteiger partial charge in [0.15, 0.2) is 0 Å². The van der Waals surface area contributed by atoms with E-state index in [4.69, 9.17) is 4.74 Å². The maximum atomic E-state index is 11.3. The SMILES string of the molecule is CCOC(C)(C)CN1CCC(=O)CC1C. The number of hydrogen-bond donors (Lipinski definition) is 0. The van der Waals surface area contributed by atoms with Gasteiger partial charge < -0.3 is 4.74 Å². The van der Waals surface area contributed by atoms with Crippen molar-refractivity contribution < 1.29 is 9.53 Å². The second-order valence-electron chi connectivity index (χ2n) is 5.01. The molecular formula is C12H23NO2. The summed E-state index contributed by atoms with van der Waals surface area (Å²) in [6.45, 7) is 10.9. The van der Waals surface area contributed by atoms with E-state index in [0.717, 1.165) is 19.7 Å². The van der Waals surface area contributed by atoms with E-state index in [2.05, 4.69) is 25.7 Å². The van der Waals surface area contributed by atoms with Gasteiger partial charge in [0.05, 0.1) is 5.60 Å². The first-order valence-electron chi connectivity index (χ1n) is 5.84. The van der Waals surface area contributed by atoms with Crippen LogP contribution in [0.5, 0.6) is 0 Å². The third-order valence-corrected chi connectivity index (χ3v) is 2.94. The third-order valence-electron chi connectivity index (χ3n) is 2.94. The fourth-order valence-corrected chi connectivity index (χ4v) is 2.21. The van der Waals surface area contributed by atoms with Gasteiger partial charge in [-0.05, 0) is 27.7 Å². The zero-order chi connectivity index (χ0) is 11.5. The van der Waals surface area contributed by atoms with Crippen molar-refractivity contribution in [2.45, 2.75) is 52.2 Å². The molecule has 88 valence electrons. The molecule has 0 aliphatic carbocycles. The van der Waals surface area contributed by atoms with E-state index >= 15 is 0 Å². The van der Waals surface area contributed by atoms with E-state index in [-0.39, 0.29) is 5.60 Å². The maximum Gasteiger partial charge on any atom is 0.135 e. The normalized spacial score (nSPS) is 24.5. The molecular weight excluding hydrogens is 190 g/mol. The average molecular weight is 213 g/mol. The van der Waals surface area contributed by atoms with Gasteiger partial charge in [-0.15, -0.1) is 0 Å². The lowest BCUT2D eigenvalue weighted by Gasteiger charge is -2.38. The first-order chi connectivity index (χ1) is 6.94. The number of rotatable bonds is 4. The summed E-state index contributed by atoms with van der Waals surface area (Å²) in [7, 11) is 0. The van der Waals surface area contributed by atoms with Crippen LogP contribution in [-0.2, 0) is 9.53 Å². The Hall–Kier alpha value is -0.410. The van der Waals surface area contributed by atoms with Crippen molar-refractivity contribution in [1.29, 1.82) is 0 Å². The lowest BCUT2D eigenvalue weighted by molar-refractivity contribution is -0.124. The predicted molar refractivity (Wildman–Crippen MR) is 61.0 cm³/mol. The van der Waals surface area contributed by atoms with Crippen LogP contribution in [0.3, 0.4) is 0 Å². The summed E-state index contributed by atoms with van der Waals surface area (Å²) in [6.07, 6.45) is 1.40. The minimum Gasteiger partial charge on any atom is -0.375 e. The molecule has 1 fully saturated rings. The van der Waals surface area contributed by atoms with Crippen molar-refractivity contribution in [1.82, 2.24) is 4.90 Å². The smallest absolute Gasteiger partial charge is 0.135 e. The Morgan fingerprint density at radius 3 is 2.73 bits per heavy atom. The average Bonchev–Trinajstić information content (AvgIpc) is 2.09. The fourth-order valence-electron chi connectivity index (χ4n) is 2.21. The molecule has 0 amide bonds. The first kappa shape index (κ1) is 12.7. The number of carbonyl (C=O) groups excluding carboxylic acids is 1. The van der Waals surface area contributed by atoms with Gasteiger partial charge in [-0.1, -0.05) is 0 Å². The van der Waals surface area contributed by atoms with E-state index in [0.29, 0.717) is 24.7 Å². The molecule has 0 aromatic rings. The van der Waals surface area contributed by atoms with E-state index in [9.17, 15) is 4.79 Å². The van der Waals surface area contributed by atoms with Crippen LogP contribution in [0.4, 0.5) is 0 Å². The van der Waals surface area contributed by atoms with Crippen LogP contribution in [0, 0.1) is 0 Å². The number of nitrogens with zero attached hydrogens (tertiary/aromatic N) is 1. The van der Waals surface area contributed by atoms with Crippen molar-refractivity contribution in [2.75, 3.05) is 19.7 Å². The Labute approximate surface area is 92.8 Å². The van der Waals surface area contributed by atoms with Crippen LogP contribution in [0.2, 0.25) is 0 Å². The van der Waals surface area contributed by atoms with Gasteiger partial charge >= 0.3 is 0 Å². The molecule has 1 saturated heterocycles. The van der Waals surface area contributed by atoms with Gasteiger partial charge in [0.2, 0.25) is 0 Å². The molecule has 3 heteroatoms. The van der Waals surface area contributed by atoms with Crippen LogP contribution in [0.25, 0.3) is 0 Å². The topological polar surface area (TPSA) is 29.5 Å². The Bertz CT molecular complexity index is 226. The number of ketones is 1. The molecule has 1 unspecified atom stereocenters. The van der Waals surface area contributed by atoms with Gasteiger partial charge in [-0.25, -0.2) is 0 Å². The summed E-state index contributed by atoms with van der Waals surface area (Å²) in [5, 5.41) is 0. The minimum absolute atomic E-state index is 0.108. The number of hydrogen-bond acceptors (Lipinski definition) is 3. The molecule has 0 aromatic carbocycles. The number of carbonyl (C=O) groups is 1. The predicted octanol–water partition coefficient (Wildman–Crippen LogP) is 1.85. The van der Waals surface area contributed by atoms with Crippen molar-refractivity contribution in [2.24, 2.45) is 0 Å². The monoisotopic (exact) mass is 213 g/mol. The lowest BCUT2D eigenvalue weighted by Crippen LogP contribution is -2.48. The van der Waals surface area contributed by atoms with Crippen molar-refractivity contribution >= 4 is 5.78 Å². The Balaban J connectivity index is 2.47. The summed E-state index contributed by atoms with van der Waals surface area (Å²) in [4.78, 5) is 13.6. The van der Waals surface area contributed by atoms with Crippen LogP contribution >= 0.6 is 0 Å². The van der Waals surface area contributed by atoms with Crippen LogP contribution < -0.4 is 0 Å². The zero-order valence-electron chi connectivity index (χ0n) is 10.4. The highest BCUT2D eigenvalue weighted by molar-refractivity contribution is 5.79. The summed E-state index contributed by atoms with van der Waals surface area (Å²) in [5.74, 6) is 0.396. The van der Waals surface area contributed by atoms with E-state index in [1.54, 1.807) is 0 Å². The summed E-state index contributed by atoms with van der Waals surface area (Å²) in [6, 6.07) is 0.367. The number of piperidine rings is 1. The minimum atomic E-state index is -0.108. The van der Waals surface area contributed by atoms with Gasteiger partial charge in [0.25, 0.3) is 0 Å². The van der Waals surface area contributed by atoms with Gasteiger partial charge in [0, 0.05) is 38.6 Å². The van der Waals surface area contributed by atoms with Gasteiger partial charge in [-0.3, -0.25) is 9.69 Å². The number of likely N-dealkylation sites (tertiary alicyclic amines) is 1. The molecule has 0 radical (unpaired) electrons. The quantitative estimate of drug-likeness (QED) is 0.714. The van der Waals surface area contributed by atoms with Crippen LogP contribution in [-0.4, -0.2) is 42.0 Å². The van der Waals surface area contributed by atoms with Crippen LogP contribution in [0.1, 0.15) is 40.5 Å². The zero-order valence-corrected chi connectivity index (χ0v) is 10.4. The third kappa shape index (κ3) is 3.92. The van der Waals surface area contributed by atoms with E-state index in [1.807, 2.05) is 6.92 Å². The Kier molecular flexibility index (Phi) is 4.29. The molecule has 1 aliphatic rings. The van der Waals surface area contributed by atoms with Crippen molar-refractivity contribution in [3.8, 4) is 0 Å². The standard InChI is InChI=1S/C12H23NO2/c1-5-15-12(3,4)9-13-7-6-11(14)8-10(13)2/h10H,5-9H2,1-4H3. The Morgan fingerprint density at radius 2 is 2.20 bits per heavy atom. The molecule has 0 saturated carbocycles. The van der Waals surface area contributed by atoms with E-state index < -0.39 is 0 Å². The highest BCUT2D eigenvalue weighted by atomic mass is 16.5. The molecule has 1 atom stereocenters. The second-order valence-corrected chi connectivity index (χ2v) is 5.01.